The third-order valence-electron chi connectivity index (χ3n) is 5.04. The number of hydrogen-bond acceptors (Lipinski definition) is 4. The van der Waals surface area contributed by atoms with Gasteiger partial charge in [0.15, 0.2) is 0 Å². The van der Waals surface area contributed by atoms with Gasteiger partial charge in [0.1, 0.15) is 0 Å². The number of rotatable bonds is 7. The Morgan fingerprint density at radius 3 is 2.81 bits per heavy atom. The summed E-state index contributed by atoms with van der Waals surface area (Å²) in [6, 6.07) is 8.16. The number of allylic oxidation sites excluding steroid dienone is 2. The summed E-state index contributed by atoms with van der Waals surface area (Å²) in [5.41, 5.74) is 4.46. The molecule has 0 bridgehead atoms. The van der Waals surface area contributed by atoms with Crippen LogP contribution in [0.15, 0.2) is 30.3 Å². The molecule has 1 aromatic heterocycles. The Morgan fingerprint density at radius 2 is 2.04 bits per heavy atom. The van der Waals surface area contributed by atoms with E-state index in [2.05, 4.69) is 23.2 Å². The molecular weight excluding hydrogens is 342 g/mol. The van der Waals surface area contributed by atoms with Gasteiger partial charge in [-0.25, -0.2) is 0 Å². The van der Waals surface area contributed by atoms with E-state index in [4.69, 9.17) is 9.47 Å². The van der Waals surface area contributed by atoms with Crippen LogP contribution in [0.1, 0.15) is 50.8 Å². The number of carbonyl (C=O) groups is 2. The van der Waals surface area contributed by atoms with Crippen LogP contribution in [0.4, 0.5) is 0 Å². The lowest BCUT2D eigenvalue weighted by molar-refractivity contribution is -0.144. The maximum Gasteiger partial charge on any atom is 0.306 e. The third kappa shape index (κ3) is 4.59. The van der Waals surface area contributed by atoms with Crippen LogP contribution in [0.25, 0.3) is 16.5 Å². The quantitative estimate of drug-likeness (QED) is 0.734. The number of esters is 2. The second kappa shape index (κ2) is 8.89. The first-order valence-corrected chi connectivity index (χ1v) is 9.69. The van der Waals surface area contributed by atoms with Gasteiger partial charge in [0.25, 0.3) is 0 Å². The number of ether oxygens (including phenoxy) is 2. The Kier molecular flexibility index (Phi) is 6.32. The molecule has 27 heavy (non-hydrogen) atoms. The first kappa shape index (κ1) is 19.2. The monoisotopic (exact) mass is 369 g/mol. The standard InChI is InChI=1S/C22H27NO4/c1-3-26-21(25)14-16-8-4-5-9-17(16)22-19(12-13-27-15(2)24)18-10-6-7-11-20(18)23-22/h6-7,9-11,16,23H,3-5,8,12-14H2,1-2H3. The van der Waals surface area contributed by atoms with Gasteiger partial charge in [-0.05, 0) is 49.3 Å². The zero-order valence-electron chi connectivity index (χ0n) is 16.0. The van der Waals surface area contributed by atoms with Crippen molar-refractivity contribution in [3.8, 4) is 0 Å². The van der Waals surface area contributed by atoms with Gasteiger partial charge < -0.3 is 14.5 Å². The minimum Gasteiger partial charge on any atom is -0.466 e. The maximum atomic E-state index is 12.1. The lowest BCUT2D eigenvalue weighted by Crippen LogP contribution is -2.16. The minimum atomic E-state index is -0.270. The maximum absolute atomic E-state index is 12.1. The summed E-state index contributed by atoms with van der Waals surface area (Å²) < 4.78 is 10.4. The molecule has 0 aliphatic heterocycles. The van der Waals surface area contributed by atoms with Crippen molar-refractivity contribution < 1.29 is 19.1 Å². The fraction of sp³-hybridized carbons (Fsp3) is 0.455. The summed E-state index contributed by atoms with van der Waals surface area (Å²) in [6.45, 7) is 4.01. The molecule has 144 valence electrons. The van der Waals surface area contributed by atoms with Crippen molar-refractivity contribution in [3.05, 3.63) is 41.6 Å². The Hall–Kier alpha value is -2.56. The second-order valence-corrected chi connectivity index (χ2v) is 6.91. The number of hydrogen-bond donors (Lipinski definition) is 1. The van der Waals surface area contributed by atoms with Crippen LogP contribution >= 0.6 is 0 Å². The van der Waals surface area contributed by atoms with E-state index >= 15 is 0 Å². The third-order valence-corrected chi connectivity index (χ3v) is 5.04. The molecule has 0 saturated heterocycles. The second-order valence-electron chi connectivity index (χ2n) is 6.91. The first-order chi connectivity index (χ1) is 13.1. The molecule has 3 rings (SSSR count). The Balaban J connectivity index is 1.94. The van der Waals surface area contributed by atoms with Gasteiger partial charge in [0.2, 0.25) is 0 Å². The predicted octanol–water partition coefficient (Wildman–Crippen LogP) is 4.41. The van der Waals surface area contributed by atoms with E-state index in [0.717, 1.165) is 41.4 Å². The zero-order chi connectivity index (χ0) is 19.2. The smallest absolute Gasteiger partial charge is 0.306 e. The minimum absolute atomic E-state index is 0.145. The van der Waals surface area contributed by atoms with Crippen molar-refractivity contribution >= 4 is 28.4 Å². The Morgan fingerprint density at radius 1 is 1.22 bits per heavy atom. The lowest BCUT2D eigenvalue weighted by Gasteiger charge is -2.24. The predicted molar refractivity (Wildman–Crippen MR) is 105 cm³/mol. The molecule has 1 unspecified atom stereocenters. The largest absolute Gasteiger partial charge is 0.466 e. The fourth-order valence-corrected chi connectivity index (χ4v) is 3.89. The van der Waals surface area contributed by atoms with Crippen LogP contribution in [0.2, 0.25) is 0 Å². The Labute approximate surface area is 159 Å². The van der Waals surface area contributed by atoms with Crippen LogP contribution in [0.3, 0.4) is 0 Å². The average Bonchev–Trinajstić information content (AvgIpc) is 3.01. The highest BCUT2D eigenvalue weighted by molar-refractivity contribution is 5.90. The van der Waals surface area contributed by atoms with E-state index in [1.807, 2.05) is 19.1 Å². The molecule has 1 heterocycles. The molecule has 0 spiro atoms. The highest BCUT2D eigenvalue weighted by Gasteiger charge is 2.26. The van der Waals surface area contributed by atoms with Crippen LogP contribution in [-0.4, -0.2) is 30.1 Å². The summed E-state index contributed by atoms with van der Waals surface area (Å²) in [4.78, 5) is 26.8. The van der Waals surface area contributed by atoms with Crippen molar-refractivity contribution in [2.75, 3.05) is 13.2 Å². The summed E-state index contributed by atoms with van der Waals surface area (Å²) >= 11 is 0. The number of fused-ring (bicyclic) bond motifs is 1. The summed E-state index contributed by atoms with van der Waals surface area (Å²) in [6.07, 6.45) is 6.35. The van der Waals surface area contributed by atoms with Crippen molar-refractivity contribution in [1.29, 1.82) is 0 Å². The van der Waals surface area contributed by atoms with Crippen LogP contribution in [0.5, 0.6) is 0 Å². The van der Waals surface area contributed by atoms with E-state index in [9.17, 15) is 9.59 Å². The molecule has 1 aliphatic carbocycles. The molecule has 0 amide bonds. The van der Waals surface area contributed by atoms with Crippen LogP contribution < -0.4 is 0 Å². The van der Waals surface area contributed by atoms with Gasteiger partial charge in [0.05, 0.1) is 19.6 Å². The number of nitrogens with one attached hydrogen (secondary N) is 1. The highest BCUT2D eigenvalue weighted by atomic mass is 16.5. The SMILES string of the molecule is CCOC(=O)CC1CCCC=C1c1[nH]c2ccccc2c1CCOC(C)=O. The van der Waals surface area contributed by atoms with Crippen LogP contribution in [-0.2, 0) is 25.5 Å². The van der Waals surface area contributed by atoms with Gasteiger partial charge in [-0.15, -0.1) is 0 Å². The molecule has 1 aliphatic rings. The van der Waals surface area contributed by atoms with Crippen molar-refractivity contribution in [1.82, 2.24) is 4.98 Å². The van der Waals surface area contributed by atoms with E-state index in [-0.39, 0.29) is 17.9 Å². The van der Waals surface area contributed by atoms with E-state index in [1.165, 1.54) is 12.5 Å². The van der Waals surface area contributed by atoms with Crippen LogP contribution in [0, 0.1) is 5.92 Å². The normalized spacial score (nSPS) is 16.8. The molecule has 5 nitrogen and oxygen atoms in total. The molecule has 0 saturated carbocycles. The average molecular weight is 369 g/mol. The van der Waals surface area contributed by atoms with Crippen molar-refractivity contribution in [2.45, 2.75) is 46.0 Å². The summed E-state index contributed by atoms with van der Waals surface area (Å²) in [5, 5.41) is 1.14. The van der Waals surface area contributed by atoms with Gasteiger partial charge in [-0.1, -0.05) is 24.3 Å². The van der Waals surface area contributed by atoms with E-state index < -0.39 is 0 Å². The summed E-state index contributed by atoms with van der Waals surface area (Å²) in [5.74, 6) is -0.264. The topological polar surface area (TPSA) is 68.4 Å². The van der Waals surface area contributed by atoms with Gasteiger partial charge in [-0.3, -0.25) is 9.59 Å². The van der Waals surface area contributed by atoms with Gasteiger partial charge in [-0.2, -0.15) is 0 Å². The van der Waals surface area contributed by atoms with Gasteiger partial charge in [0, 0.05) is 29.9 Å². The van der Waals surface area contributed by atoms with E-state index in [1.54, 1.807) is 0 Å². The van der Waals surface area contributed by atoms with Crippen molar-refractivity contribution in [3.63, 3.8) is 0 Å². The molecule has 1 aromatic carbocycles. The number of H-pyrrole nitrogens is 1. The number of aromatic nitrogens is 1. The fourth-order valence-electron chi connectivity index (χ4n) is 3.89. The molecule has 1 N–H and O–H groups in total. The number of aromatic amines is 1. The molecular formula is C22H27NO4. The molecule has 0 fully saturated rings. The molecule has 2 aromatic rings. The number of benzene rings is 1. The molecule has 5 heteroatoms. The highest BCUT2D eigenvalue weighted by Crippen LogP contribution is 2.38. The molecule has 1 atom stereocenters. The van der Waals surface area contributed by atoms with Crippen molar-refractivity contribution in [2.24, 2.45) is 5.92 Å². The number of para-hydroxylation sites is 1. The zero-order valence-corrected chi connectivity index (χ0v) is 16.0. The van der Waals surface area contributed by atoms with E-state index in [0.29, 0.717) is 26.1 Å². The number of carbonyl (C=O) groups excluding carboxylic acids is 2. The van der Waals surface area contributed by atoms with Gasteiger partial charge >= 0.3 is 11.9 Å². The molecule has 0 radical (unpaired) electrons. The first-order valence-electron chi connectivity index (χ1n) is 9.69. The lowest BCUT2D eigenvalue weighted by atomic mass is 9.82. The Bertz CT molecular complexity index is 849. The summed E-state index contributed by atoms with van der Waals surface area (Å²) in [7, 11) is 0.